The lowest BCUT2D eigenvalue weighted by Gasteiger charge is -2.43. The molecule has 2 fully saturated rings. The van der Waals surface area contributed by atoms with E-state index in [1.165, 1.54) is 5.56 Å². The van der Waals surface area contributed by atoms with Crippen molar-refractivity contribution in [3.63, 3.8) is 0 Å². The number of urea groups is 1. The van der Waals surface area contributed by atoms with Gasteiger partial charge in [0.2, 0.25) is 0 Å². The van der Waals surface area contributed by atoms with Crippen LogP contribution in [-0.2, 0) is 16.0 Å². The number of benzene rings is 1. The number of rotatable bonds is 5. The summed E-state index contributed by atoms with van der Waals surface area (Å²) in [7, 11) is 0. The summed E-state index contributed by atoms with van der Waals surface area (Å²) in [6.45, 7) is 14.0. The number of halogens is 1. The lowest BCUT2D eigenvalue weighted by Crippen LogP contribution is -2.58. The first-order valence-corrected chi connectivity index (χ1v) is 12.3. The van der Waals surface area contributed by atoms with E-state index in [-0.39, 0.29) is 41.6 Å². The molecule has 1 aromatic rings. The Bertz CT molecular complexity index is 811. The molecule has 7 heteroatoms. The number of Topliss-reactive ketones (excluding diaryl/α,β-unsaturated/α-hetero) is 2. The van der Waals surface area contributed by atoms with E-state index in [9.17, 15) is 14.4 Å². The topological polar surface area (TPSA) is 78.5 Å². The number of carbonyl (C=O) groups excluding carboxylic acids is 3. The minimum absolute atomic E-state index is 0. The summed E-state index contributed by atoms with van der Waals surface area (Å²) >= 11 is 0. The van der Waals surface area contributed by atoms with Crippen LogP contribution in [0.2, 0.25) is 0 Å². The fraction of sp³-hybridized carbons (Fsp3) is 0.667. The summed E-state index contributed by atoms with van der Waals surface area (Å²) in [4.78, 5) is 37.2. The van der Waals surface area contributed by atoms with Crippen molar-refractivity contribution in [2.24, 2.45) is 11.8 Å². The predicted octanol–water partition coefficient (Wildman–Crippen LogP) is 4.79. The molecular formula is C27H44ClN3O3. The van der Waals surface area contributed by atoms with Gasteiger partial charge in [-0.1, -0.05) is 44.2 Å². The molecule has 2 saturated heterocycles. The van der Waals surface area contributed by atoms with Crippen molar-refractivity contribution in [2.45, 2.75) is 84.7 Å². The van der Waals surface area contributed by atoms with E-state index in [2.05, 4.69) is 48.7 Å². The molecule has 2 aliphatic heterocycles. The van der Waals surface area contributed by atoms with Crippen LogP contribution in [0.5, 0.6) is 0 Å². The van der Waals surface area contributed by atoms with Crippen molar-refractivity contribution in [1.82, 2.24) is 15.5 Å². The normalized spacial score (nSPS) is 23.3. The molecule has 2 aliphatic rings. The van der Waals surface area contributed by atoms with Gasteiger partial charge in [0.25, 0.3) is 0 Å². The molecule has 1 aromatic carbocycles. The molecule has 3 rings (SSSR count). The van der Waals surface area contributed by atoms with Crippen molar-refractivity contribution in [3.8, 4) is 0 Å². The number of hydrogen-bond donors (Lipinski definition) is 2. The van der Waals surface area contributed by atoms with Crippen LogP contribution in [0.3, 0.4) is 0 Å². The molecule has 2 heterocycles. The third kappa shape index (κ3) is 9.38. The fourth-order valence-corrected chi connectivity index (χ4v) is 4.28. The first-order valence-electron chi connectivity index (χ1n) is 12.3. The molecule has 2 amide bonds. The molecule has 34 heavy (non-hydrogen) atoms. The van der Waals surface area contributed by atoms with Gasteiger partial charge in [-0.3, -0.25) is 9.59 Å². The van der Waals surface area contributed by atoms with Crippen molar-refractivity contribution < 1.29 is 14.4 Å². The Morgan fingerprint density at radius 2 is 1.62 bits per heavy atom. The van der Waals surface area contributed by atoms with E-state index in [4.69, 9.17) is 0 Å². The second kappa shape index (κ2) is 13.2. The Labute approximate surface area is 212 Å². The highest BCUT2D eigenvalue weighted by Gasteiger charge is 2.40. The van der Waals surface area contributed by atoms with Crippen LogP contribution in [0, 0.1) is 11.8 Å². The Kier molecular flexibility index (Phi) is 11.7. The van der Waals surface area contributed by atoms with Gasteiger partial charge in [-0.05, 0) is 52.5 Å². The van der Waals surface area contributed by atoms with Gasteiger partial charge in [0.1, 0.15) is 11.6 Å². The van der Waals surface area contributed by atoms with Crippen LogP contribution in [0.1, 0.15) is 72.8 Å². The highest BCUT2D eigenvalue weighted by atomic mass is 35.5. The summed E-state index contributed by atoms with van der Waals surface area (Å²) in [5, 5.41) is 6.32. The van der Waals surface area contributed by atoms with Crippen LogP contribution in [0.4, 0.5) is 4.79 Å². The minimum Gasteiger partial charge on any atom is -0.338 e. The zero-order valence-electron chi connectivity index (χ0n) is 21.8. The van der Waals surface area contributed by atoms with Crippen molar-refractivity contribution in [3.05, 3.63) is 35.9 Å². The summed E-state index contributed by atoms with van der Waals surface area (Å²) < 4.78 is 0. The molecule has 0 spiro atoms. The molecular weight excluding hydrogens is 450 g/mol. The van der Waals surface area contributed by atoms with Crippen molar-refractivity contribution in [1.29, 1.82) is 0 Å². The number of likely N-dealkylation sites (tertiary alicyclic amines) is 1. The van der Waals surface area contributed by atoms with E-state index >= 15 is 0 Å². The third-order valence-corrected chi connectivity index (χ3v) is 6.65. The highest BCUT2D eigenvalue weighted by Crippen LogP contribution is 2.28. The van der Waals surface area contributed by atoms with Crippen LogP contribution < -0.4 is 10.6 Å². The molecule has 0 aromatic heterocycles. The Morgan fingerprint density at radius 1 is 1.00 bits per heavy atom. The fourth-order valence-electron chi connectivity index (χ4n) is 4.28. The maximum absolute atomic E-state index is 12.4. The minimum atomic E-state index is -0.391. The smallest absolute Gasteiger partial charge is 0.317 e. The van der Waals surface area contributed by atoms with Crippen LogP contribution in [0.25, 0.3) is 0 Å². The quantitative estimate of drug-likeness (QED) is 0.578. The SMILES string of the molecule is CC1CN(C(=O)NCCCCc2ccccc2)C(C)(C)CC1=O.CC1CNC(C)(C)CC1=O.Cl. The number of unbranched alkanes of at least 4 members (excludes halogenated alkanes) is 1. The number of nitrogens with one attached hydrogen (secondary N) is 2. The number of aryl methyl sites for hydroxylation is 1. The second-order valence-corrected chi connectivity index (χ2v) is 11.0. The average Bonchev–Trinajstić information content (AvgIpc) is 2.74. The number of hydrogen-bond acceptors (Lipinski definition) is 4. The molecule has 0 aliphatic carbocycles. The number of ketones is 2. The zero-order chi connectivity index (χ0) is 24.6. The van der Waals surface area contributed by atoms with Gasteiger partial charge in [-0.15, -0.1) is 12.4 Å². The number of carbonyl (C=O) groups is 3. The van der Waals surface area contributed by atoms with Crippen LogP contribution in [-0.4, -0.2) is 53.2 Å². The molecule has 6 nitrogen and oxygen atoms in total. The summed E-state index contributed by atoms with van der Waals surface area (Å²) in [6.07, 6.45) is 4.17. The zero-order valence-corrected chi connectivity index (χ0v) is 22.6. The van der Waals surface area contributed by atoms with E-state index in [0.29, 0.717) is 31.7 Å². The molecule has 2 atom stereocenters. The van der Waals surface area contributed by atoms with Gasteiger partial charge in [-0.25, -0.2) is 4.79 Å². The third-order valence-electron chi connectivity index (χ3n) is 6.65. The molecule has 0 radical (unpaired) electrons. The van der Waals surface area contributed by atoms with Gasteiger partial charge >= 0.3 is 6.03 Å². The van der Waals surface area contributed by atoms with Gasteiger partial charge in [0, 0.05) is 55.4 Å². The Hall–Kier alpha value is -1.92. The standard InChI is InChI=1S/C19H28N2O2.C8H15NO.ClH/c1-15-14-21(19(2,3)13-17(15)22)18(23)20-12-8-7-11-16-9-5-4-6-10-16;1-6-5-9-8(2,3)4-7(6)10;/h4-6,9-10,15H,7-8,11-14H2,1-3H3,(H,20,23);6,9H,4-5H2,1-3H3;1H. The Morgan fingerprint density at radius 3 is 2.21 bits per heavy atom. The van der Waals surface area contributed by atoms with Crippen LogP contribution in [0.15, 0.2) is 30.3 Å². The predicted molar refractivity (Wildman–Crippen MR) is 140 cm³/mol. The van der Waals surface area contributed by atoms with Crippen molar-refractivity contribution in [2.75, 3.05) is 19.6 Å². The number of nitrogens with zero attached hydrogens (tertiary/aromatic N) is 1. The molecule has 2 N–H and O–H groups in total. The van der Waals surface area contributed by atoms with Gasteiger partial charge in [-0.2, -0.15) is 0 Å². The average molecular weight is 494 g/mol. The largest absolute Gasteiger partial charge is 0.338 e. The first-order chi connectivity index (χ1) is 15.4. The number of piperidine rings is 2. The van der Waals surface area contributed by atoms with Crippen LogP contribution >= 0.6 is 12.4 Å². The summed E-state index contributed by atoms with van der Waals surface area (Å²) in [6, 6.07) is 10.3. The monoisotopic (exact) mass is 493 g/mol. The maximum Gasteiger partial charge on any atom is 0.317 e. The maximum atomic E-state index is 12.4. The van der Waals surface area contributed by atoms with Gasteiger partial charge in [0.15, 0.2) is 0 Å². The second-order valence-electron chi connectivity index (χ2n) is 11.0. The molecule has 0 saturated carbocycles. The highest BCUT2D eigenvalue weighted by molar-refractivity contribution is 5.86. The molecule has 192 valence electrons. The van der Waals surface area contributed by atoms with E-state index in [1.54, 1.807) is 0 Å². The van der Waals surface area contributed by atoms with E-state index in [0.717, 1.165) is 25.8 Å². The van der Waals surface area contributed by atoms with E-state index in [1.807, 2.05) is 38.7 Å². The Balaban J connectivity index is 0.000000442. The lowest BCUT2D eigenvalue weighted by molar-refractivity contribution is -0.128. The molecule has 0 bridgehead atoms. The van der Waals surface area contributed by atoms with E-state index < -0.39 is 5.54 Å². The first kappa shape index (κ1) is 30.1. The van der Waals surface area contributed by atoms with Crippen molar-refractivity contribution >= 4 is 30.0 Å². The number of amides is 2. The lowest BCUT2D eigenvalue weighted by atomic mass is 9.85. The molecule has 2 unspecified atom stereocenters. The summed E-state index contributed by atoms with van der Waals surface area (Å²) in [5.74, 6) is 0.797. The van der Waals surface area contributed by atoms with Gasteiger partial charge < -0.3 is 15.5 Å². The summed E-state index contributed by atoms with van der Waals surface area (Å²) in [5.41, 5.74) is 0.977. The van der Waals surface area contributed by atoms with Gasteiger partial charge in [0.05, 0.1) is 0 Å².